The normalized spacial score (nSPS) is 11.3. The smallest absolute Gasteiger partial charge is 0.249 e. The molecule has 0 saturated heterocycles. The van der Waals surface area contributed by atoms with Gasteiger partial charge in [0, 0.05) is 11.3 Å². The van der Waals surface area contributed by atoms with E-state index < -0.39 is 5.91 Å². The molecule has 0 aliphatic heterocycles. The van der Waals surface area contributed by atoms with Crippen molar-refractivity contribution >= 4 is 23.2 Å². The number of amides is 1. The zero-order valence-corrected chi connectivity index (χ0v) is 10.6. The molecule has 0 aliphatic carbocycles. The Morgan fingerprint density at radius 2 is 1.65 bits per heavy atom. The van der Waals surface area contributed by atoms with Crippen LogP contribution in [0.25, 0.3) is 11.6 Å². The van der Waals surface area contributed by atoms with Crippen molar-refractivity contribution in [1.82, 2.24) is 0 Å². The fourth-order valence-electron chi connectivity index (χ4n) is 1.76. The van der Waals surface area contributed by atoms with Gasteiger partial charge in [-0.15, -0.1) is 0 Å². The number of hydrogen-bond acceptors (Lipinski definition) is 4. The summed E-state index contributed by atoms with van der Waals surface area (Å²) < 4.78 is 0. The lowest BCUT2D eigenvalue weighted by atomic mass is 10.0. The summed E-state index contributed by atoms with van der Waals surface area (Å²) in [6, 6.07) is 11.0. The van der Waals surface area contributed by atoms with Crippen molar-refractivity contribution in [3.63, 3.8) is 0 Å². The molecule has 1 amide bonds. The van der Waals surface area contributed by atoms with Crippen molar-refractivity contribution in [1.29, 1.82) is 0 Å². The molecule has 5 heteroatoms. The molecule has 0 aliphatic rings. The summed E-state index contributed by atoms with van der Waals surface area (Å²) in [7, 11) is 0. The molecule has 0 aromatic heterocycles. The highest BCUT2D eigenvalue weighted by molar-refractivity contribution is 6.23. The minimum Gasteiger partial charge on any atom is -0.504 e. The largest absolute Gasteiger partial charge is 0.504 e. The van der Waals surface area contributed by atoms with Crippen LogP contribution in [0.4, 0.5) is 5.69 Å². The van der Waals surface area contributed by atoms with Gasteiger partial charge in [-0.2, -0.15) is 0 Å². The molecule has 5 nitrogen and oxygen atoms in total. The predicted molar refractivity (Wildman–Crippen MR) is 77.7 cm³/mol. The van der Waals surface area contributed by atoms with Crippen LogP contribution in [-0.4, -0.2) is 16.1 Å². The zero-order chi connectivity index (χ0) is 14.7. The van der Waals surface area contributed by atoms with Gasteiger partial charge in [0.25, 0.3) is 0 Å². The number of carbonyl (C=O) groups is 1. The molecule has 102 valence electrons. The van der Waals surface area contributed by atoms with Crippen LogP contribution in [0.5, 0.6) is 11.5 Å². The van der Waals surface area contributed by atoms with Gasteiger partial charge in [-0.3, -0.25) is 4.79 Å². The predicted octanol–water partition coefficient (Wildman–Crippen LogP) is 1.71. The summed E-state index contributed by atoms with van der Waals surface area (Å²) in [5.74, 6) is -1.09. The summed E-state index contributed by atoms with van der Waals surface area (Å²) in [5.41, 5.74) is 13.0. The van der Waals surface area contributed by atoms with Crippen molar-refractivity contribution in [3.8, 4) is 11.5 Å². The maximum absolute atomic E-state index is 11.6. The van der Waals surface area contributed by atoms with E-state index in [0.717, 1.165) is 0 Å². The second-order valence-corrected chi connectivity index (χ2v) is 4.29. The summed E-state index contributed by atoms with van der Waals surface area (Å²) in [6.07, 6.45) is 1.53. The Morgan fingerprint density at radius 1 is 1.00 bits per heavy atom. The Hall–Kier alpha value is -2.95. The second-order valence-electron chi connectivity index (χ2n) is 4.29. The van der Waals surface area contributed by atoms with Crippen LogP contribution in [0.2, 0.25) is 0 Å². The van der Waals surface area contributed by atoms with E-state index in [4.69, 9.17) is 11.5 Å². The third-order valence-corrected chi connectivity index (χ3v) is 2.80. The molecule has 0 bridgehead atoms. The van der Waals surface area contributed by atoms with Crippen LogP contribution in [0, 0.1) is 0 Å². The SMILES string of the molecule is NC(=O)C(=Cc1ccc(O)c(O)c1)c1ccc(N)cc1. The number of rotatable bonds is 3. The van der Waals surface area contributed by atoms with Gasteiger partial charge < -0.3 is 21.7 Å². The fourth-order valence-corrected chi connectivity index (χ4v) is 1.76. The Balaban J connectivity index is 2.47. The monoisotopic (exact) mass is 270 g/mol. The average Bonchev–Trinajstić information content (AvgIpc) is 2.41. The van der Waals surface area contributed by atoms with Crippen LogP contribution in [0.1, 0.15) is 11.1 Å². The molecule has 0 heterocycles. The lowest BCUT2D eigenvalue weighted by Gasteiger charge is -2.05. The first-order valence-electron chi connectivity index (χ1n) is 5.87. The molecule has 2 aromatic rings. The first-order chi connectivity index (χ1) is 9.47. The highest BCUT2D eigenvalue weighted by Gasteiger charge is 2.09. The van der Waals surface area contributed by atoms with E-state index in [0.29, 0.717) is 16.8 Å². The van der Waals surface area contributed by atoms with E-state index in [-0.39, 0.29) is 17.1 Å². The molecule has 0 unspecified atom stereocenters. The topological polar surface area (TPSA) is 110 Å². The van der Waals surface area contributed by atoms with Crippen molar-refractivity contribution in [2.45, 2.75) is 0 Å². The van der Waals surface area contributed by atoms with Gasteiger partial charge in [-0.25, -0.2) is 0 Å². The Morgan fingerprint density at radius 3 is 2.20 bits per heavy atom. The molecule has 0 fully saturated rings. The fraction of sp³-hybridized carbons (Fsp3) is 0. The number of primary amides is 1. The number of phenolic OH excluding ortho intramolecular Hbond substituents is 2. The van der Waals surface area contributed by atoms with Gasteiger partial charge in [0.05, 0.1) is 0 Å². The molecular formula is C15H14N2O3. The molecule has 0 saturated carbocycles. The summed E-state index contributed by atoms with van der Waals surface area (Å²) in [4.78, 5) is 11.6. The molecular weight excluding hydrogens is 256 g/mol. The van der Waals surface area contributed by atoms with Crippen molar-refractivity contribution in [2.24, 2.45) is 5.73 Å². The van der Waals surface area contributed by atoms with Crippen molar-refractivity contribution in [3.05, 3.63) is 53.6 Å². The van der Waals surface area contributed by atoms with Gasteiger partial charge in [0.2, 0.25) is 5.91 Å². The molecule has 0 radical (unpaired) electrons. The molecule has 20 heavy (non-hydrogen) atoms. The molecule has 6 N–H and O–H groups in total. The lowest BCUT2D eigenvalue weighted by molar-refractivity contribution is -0.112. The Bertz CT molecular complexity index is 676. The Labute approximate surface area is 115 Å². The third kappa shape index (κ3) is 2.89. The maximum atomic E-state index is 11.6. The first-order valence-corrected chi connectivity index (χ1v) is 5.87. The number of hydrogen-bond donors (Lipinski definition) is 4. The van der Waals surface area contributed by atoms with Gasteiger partial charge in [0.1, 0.15) is 0 Å². The van der Waals surface area contributed by atoms with E-state index in [1.807, 2.05) is 0 Å². The lowest BCUT2D eigenvalue weighted by Crippen LogP contribution is -2.12. The van der Waals surface area contributed by atoms with Gasteiger partial charge >= 0.3 is 0 Å². The minimum atomic E-state index is -0.595. The first kappa shape index (κ1) is 13.5. The van der Waals surface area contributed by atoms with Crippen molar-refractivity contribution in [2.75, 3.05) is 5.73 Å². The number of nitrogens with two attached hydrogens (primary N) is 2. The number of benzene rings is 2. The van der Waals surface area contributed by atoms with Gasteiger partial charge in [-0.05, 0) is 41.5 Å². The van der Waals surface area contributed by atoms with Gasteiger partial charge in [0.15, 0.2) is 11.5 Å². The van der Waals surface area contributed by atoms with Crippen LogP contribution in [-0.2, 0) is 4.79 Å². The quantitative estimate of drug-likeness (QED) is 0.294. The second kappa shape index (κ2) is 5.36. The number of aromatic hydroxyl groups is 2. The van der Waals surface area contributed by atoms with Crippen LogP contribution in [0.15, 0.2) is 42.5 Å². The molecule has 0 spiro atoms. The van der Waals surface area contributed by atoms with Gasteiger partial charge in [-0.1, -0.05) is 18.2 Å². The number of anilines is 1. The third-order valence-electron chi connectivity index (χ3n) is 2.80. The summed E-state index contributed by atoms with van der Waals surface area (Å²) in [5, 5.41) is 18.7. The van der Waals surface area contributed by atoms with Crippen LogP contribution < -0.4 is 11.5 Å². The average molecular weight is 270 g/mol. The summed E-state index contributed by atoms with van der Waals surface area (Å²) >= 11 is 0. The number of phenols is 2. The molecule has 0 atom stereocenters. The van der Waals surface area contributed by atoms with Crippen molar-refractivity contribution < 1.29 is 15.0 Å². The van der Waals surface area contributed by atoms with Crippen LogP contribution in [0.3, 0.4) is 0 Å². The van der Waals surface area contributed by atoms with E-state index in [2.05, 4.69) is 0 Å². The van der Waals surface area contributed by atoms with E-state index in [1.54, 1.807) is 30.3 Å². The highest BCUT2D eigenvalue weighted by atomic mass is 16.3. The number of nitrogen functional groups attached to an aromatic ring is 1. The minimum absolute atomic E-state index is 0.227. The Kier molecular flexibility index (Phi) is 3.61. The number of carbonyl (C=O) groups excluding carboxylic acids is 1. The maximum Gasteiger partial charge on any atom is 0.249 e. The van der Waals surface area contributed by atoms with E-state index in [1.165, 1.54) is 18.2 Å². The highest BCUT2D eigenvalue weighted by Crippen LogP contribution is 2.27. The van der Waals surface area contributed by atoms with Crippen LogP contribution >= 0.6 is 0 Å². The molecule has 2 rings (SSSR count). The molecule has 2 aromatic carbocycles. The standard InChI is InChI=1S/C15H14N2O3/c16-11-4-2-10(3-5-11)12(15(17)20)7-9-1-6-13(18)14(19)8-9/h1-8,18-19H,16H2,(H2,17,20). The zero-order valence-electron chi connectivity index (χ0n) is 10.6. The van der Waals surface area contributed by atoms with E-state index in [9.17, 15) is 15.0 Å². The summed E-state index contributed by atoms with van der Waals surface area (Å²) in [6.45, 7) is 0. The van der Waals surface area contributed by atoms with E-state index >= 15 is 0 Å².